The zero-order valence-corrected chi connectivity index (χ0v) is 14.5. The van der Waals surface area contributed by atoms with Crippen LogP contribution in [0.4, 0.5) is 0 Å². The highest BCUT2D eigenvalue weighted by atomic mass is 32.1. The maximum atomic E-state index is 12.8. The van der Waals surface area contributed by atoms with E-state index in [1.165, 1.54) is 6.92 Å². The molecule has 0 aromatic carbocycles. The Morgan fingerprint density at radius 2 is 2.38 bits per heavy atom. The van der Waals surface area contributed by atoms with Crippen LogP contribution in [0.2, 0.25) is 0 Å². The number of hydrogen-bond acceptors (Lipinski definition) is 4. The smallest absolute Gasteiger partial charge is 0.225 e. The molecule has 128 valence electrons. The third kappa shape index (κ3) is 4.03. The Bertz CT molecular complexity index is 669. The number of H-pyrrole nitrogens is 1. The topological polar surface area (TPSA) is 78.1 Å². The van der Waals surface area contributed by atoms with Crippen molar-refractivity contribution in [2.45, 2.75) is 38.1 Å². The van der Waals surface area contributed by atoms with Crippen LogP contribution < -0.4 is 5.32 Å². The number of rotatable bonds is 5. The first kappa shape index (κ1) is 16.7. The van der Waals surface area contributed by atoms with E-state index in [1.807, 2.05) is 28.5 Å². The normalized spacial score (nSPS) is 19.0. The fraction of sp³-hybridized carbons (Fsp3) is 0.471. The van der Waals surface area contributed by atoms with Crippen molar-refractivity contribution in [3.8, 4) is 0 Å². The lowest BCUT2D eigenvalue weighted by Crippen LogP contribution is -2.41. The largest absolute Gasteiger partial charge is 0.348 e. The van der Waals surface area contributed by atoms with Gasteiger partial charge in [0.05, 0.1) is 12.5 Å². The highest BCUT2D eigenvalue weighted by Gasteiger charge is 2.28. The number of thiophene rings is 1. The van der Waals surface area contributed by atoms with Crippen LogP contribution in [0.5, 0.6) is 0 Å². The minimum Gasteiger partial charge on any atom is -0.348 e. The Hall–Kier alpha value is -2.15. The lowest BCUT2D eigenvalue weighted by atomic mass is 9.94. The van der Waals surface area contributed by atoms with E-state index < -0.39 is 0 Å². The highest BCUT2D eigenvalue weighted by molar-refractivity contribution is 7.10. The van der Waals surface area contributed by atoms with Gasteiger partial charge in [0.25, 0.3) is 0 Å². The molecule has 2 aromatic heterocycles. The van der Waals surface area contributed by atoms with Gasteiger partial charge in [0.15, 0.2) is 0 Å². The Balaban J connectivity index is 1.65. The molecule has 7 heteroatoms. The van der Waals surface area contributed by atoms with Crippen molar-refractivity contribution in [3.05, 3.63) is 40.3 Å². The van der Waals surface area contributed by atoms with E-state index in [-0.39, 0.29) is 17.9 Å². The van der Waals surface area contributed by atoms with E-state index in [2.05, 4.69) is 15.5 Å². The molecule has 3 rings (SSSR count). The predicted molar refractivity (Wildman–Crippen MR) is 92.6 cm³/mol. The summed E-state index contributed by atoms with van der Waals surface area (Å²) < 4.78 is 0. The summed E-state index contributed by atoms with van der Waals surface area (Å²) >= 11 is 1.56. The quantitative estimate of drug-likeness (QED) is 0.873. The third-order valence-corrected chi connectivity index (χ3v) is 5.37. The van der Waals surface area contributed by atoms with Gasteiger partial charge in [-0.15, -0.1) is 11.3 Å². The molecule has 1 aliphatic heterocycles. The van der Waals surface area contributed by atoms with Crippen LogP contribution in [0.1, 0.15) is 48.7 Å². The number of aromatic nitrogens is 2. The number of nitrogens with zero attached hydrogens (tertiary/aromatic N) is 2. The maximum Gasteiger partial charge on any atom is 0.225 e. The van der Waals surface area contributed by atoms with Gasteiger partial charge in [0.1, 0.15) is 0 Å². The van der Waals surface area contributed by atoms with Crippen molar-refractivity contribution in [2.75, 3.05) is 13.1 Å². The Morgan fingerprint density at radius 1 is 1.50 bits per heavy atom. The molecule has 0 spiro atoms. The maximum absolute atomic E-state index is 12.8. The average molecular weight is 346 g/mol. The van der Waals surface area contributed by atoms with Crippen molar-refractivity contribution < 1.29 is 9.59 Å². The number of piperidine rings is 1. The standard InChI is InChI=1S/C17H22N4O2S/c1-12(22)19-15(16-5-3-9-24-16)10-17(23)21-8-2-4-13(11-21)14-6-7-18-20-14/h3,5-7,9,13,15H,2,4,8,10-11H2,1H3,(H,18,20)(H,19,22). The van der Waals surface area contributed by atoms with Gasteiger partial charge >= 0.3 is 0 Å². The van der Waals surface area contributed by atoms with Crippen LogP contribution in [0.3, 0.4) is 0 Å². The SMILES string of the molecule is CC(=O)NC(CC(=O)N1CCCC(c2ccn[nH]2)C1)c1cccs1. The zero-order chi connectivity index (χ0) is 16.9. The van der Waals surface area contributed by atoms with Gasteiger partial charge in [-0.1, -0.05) is 6.07 Å². The van der Waals surface area contributed by atoms with Gasteiger partial charge in [-0.05, 0) is 30.4 Å². The summed E-state index contributed by atoms with van der Waals surface area (Å²) in [6.45, 7) is 2.97. The Labute approximate surface area is 145 Å². The number of amides is 2. The van der Waals surface area contributed by atoms with Crippen LogP contribution >= 0.6 is 11.3 Å². The molecule has 3 heterocycles. The number of carbonyl (C=O) groups excluding carboxylic acids is 2. The summed E-state index contributed by atoms with van der Waals surface area (Å²) in [5.41, 5.74) is 1.09. The molecule has 2 amide bonds. The summed E-state index contributed by atoms with van der Waals surface area (Å²) in [7, 11) is 0. The van der Waals surface area contributed by atoms with Crippen LogP contribution in [-0.4, -0.2) is 40.0 Å². The van der Waals surface area contributed by atoms with E-state index >= 15 is 0 Å². The summed E-state index contributed by atoms with van der Waals surface area (Å²) in [5.74, 6) is 0.285. The molecular formula is C17H22N4O2S. The van der Waals surface area contributed by atoms with E-state index in [0.717, 1.165) is 30.0 Å². The molecular weight excluding hydrogens is 324 g/mol. The van der Waals surface area contributed by atoms with Gasteiger partial charge < -0.3 is 10.2 Å². The molecule has 2 N–H and O–H groups in total. The summed E-state index contributed by atoms with van der Waals surface area (Å²) in [4.78, 5) is 27.2. The molecule has 6 nitrogen and oxygen atoms in total. The summed E-state index contributed by atoms with van der Waals surface area (Å²) in [5, 5.41) is 11.9. The third-order valence-electron chi connectivity index (χ3n) is 4.38. The minimum absolute atomic E-state index is 0.0892. The van der Waals surface area contributed by atoms with Crippen molar-refractivity contribution in [2.24, 2.45) is 0 Å². The predicted octanol–water partition coefficient (Wildman–Crippen LogP) is 2.44. The molecule has 0 saturated carbocycles. The monoisotopic (exact) mass is 346 g/mol. The number of hydrogen-bond donors (Lipinski definition) is 2. The minimum atomic E-state index is -0.248. The first-order valence-electron chi connectivity index (χ1n) is 8.21. The molecule has 0 aliphatic carbocycles. The molecule has 0 radical (unpaired) electrons. The lowest BCUT2D eigenvalue weighted by Gasteiger charge is -2.33. The fourth-order valence-electron chi connectivity index (χ4n) is 3.21. The summed E-state index contributed by atoms with van der Waals surface area (Å²) in [6.07, 6.45) is 4.10. The second-order valence-electron chi connectivity index (χ2n) is 6.16. The number of nitrogens with one attached hydrogen (secondary N) is 2. The van der Waals surface area contributed by atoms with Crippen molar-refractivity contribution in [3.63, 3.8) is 0 Å². The molecule has 24 heavy (non-hydrogen) atoms. The van der Waals surface area contributed by atoms with Crippen molar-refractivity contribution >= 4 is 23.2 Å². The van der Waals surface area contributed by atoms with E-state index in [9.17, 15) is 9.59 Å². The van der Waals surface area contributed by atoms with Gasteiger partial charge in [-0.25, -0.2) is 0 Å². The Kier molecular flexibility index (Phi) is 5.30. The number of likely N-dealkylation sites (tertiary alicyclic amines) is 1. The molecule has 2 atom stereocenters. The Morgan fingerprint density at radius 3 is 3.04 bits per heavy atom. The van der Waals surface area contributed by atoms with Crippen LogP contribution in [-0.2, 0) is 9.59 Å². The zero-order valence-electron chi connectivity index (χ0n) is 13.7. The fourth-order valence-corrected chi connectivity index (χ4v) is 3.99. The molecule has 0 bridgehead atoms. The van der Waals surface area contributed by atoms with Gasteiger partial charge in [0.2, 0.25) is 11.8 Å². The van der Waals surface area contributed by atoms with Crippen LogP contribution in [0.15, 0.2) is 29.8 Å². The lowest BCUT2D eigenvalue weighted by molar-refractivity contribution is -0.133. The average Bonchev–Trinajstić information content (AvgIpc) is 3.27. The molecule has 1 saturated heterocycles. The highest BCUT2D eigenvalue weighted by Crippen LogP contribution is 2.28. The second-order valence-corrected chi connectivity index (χ2v) is 7.14. The van der Waals surface area contributed by atoms with E-state index in [1.54, 1.807) is 17.5 Å². The molecule has 2 aromatic rings. The number of aromatic amines is 1. The molecule has 1 fully saturated rings. The van der Waals surface area contributed by atoms with Gasteiger partial charge in [0, 0.05) is 42.7 Å². The molecule has 1 aliphatic rings. The summed E-state index contributed by atoms with van der Waals surface area (Å²) in [6, 6.07) is 5.63. The van der Waals surface area contributed by atoms with Gasteiger partial charge in [-0.3, -0.25) is 14.7 Å². The van der Waals surface area contributed by atoms with Crippen LogP contribution in [0.25, 0.3) is 0 Å². The molecule has 2 unspecified atom stereocenters. The first-order chi connectivity index (χ1) is 11.6. The first-order valence-corrected chi connectivity index (χ1v) is 9.09. The van der Waals surface area contributed by atoms with Gasteiger partial charge in [-0.2, -0.15) is 5.10 Å². The van der Waals surface area contributed by atoms with E-state index in [4.69, 9.17) is 0 Å². The van der Waals surface area contributed by atoms with Crippen molar-refractivity contribution in [1.82, 2.24) is 20.4 Å². The van der Waals surface area contributed by atoms with Crippen molar-refractivity contribution in [1.29, 1.82) is 0 Å². The van der Waals surface area contributed by atoms with E-state index in [0.29, 0.717) is 18.9 Å². The van der Waals surface area contributed by atoms with Crippen LogP contribution in [0, 0.1) is 0 Å². The second kappa shape index (κ2) is 7.61. The number of carbonyl (C=O) groups is 2.